The van der Waals surface area contributed by atoms with E-state index in [0.29, 0.717) is 34.3 Å². The monoisotopic (exact) mass is 662 g/mol. The summed E-state index contributed by atoms with van der Waals surface area (Å²) in [5.41, 5.74) is 7.12. The molecule has 0 bridgehead atoms. The van der Waals surface area contributed by atoms with Crippen molar-refractivity contribution in [2.75, 3.05) is 13.2 Å². The number of carbonyl (C=O) groups is 2. The van der Waals surface area contributed by atoms with Crippen molar-refractivity contribution >= 4 is 34.0 Å². The van der Waals surface area contributed by atoms with Gasteiger partial charge in [0.2, 0.25) is 0 Å². The van der Waals surface area contributed by atoms with Gasteiger partial charge in [-0.05, 0) is 83.6 Å². The minimum absolute atomic E-state index is 0.0508. The molecule has 0 aliphatic heterocycles. The third-order valence-electron chi connectivity index (χ3n) is 9.25. The molecule has 0 saturated carbocycles. The summed E-state index contributed by atoms with van der Waals surface area (Å²) in [5, 5.41) is 21.3. The lowest BCUT2D eigenvalue weighted by Gasteiger charge is -2.23. The van der Waals surface area contributed by atoms with Crippen LogP contribution < -0.4 is 0 Å². The highest BCUT2D eigenvalue weighted by molar-refractivity contribution is 5.95. The first-order chi connectivity index (χ1) is 23.3. The average molecular weight is 663 g/mol. The highest BCUT2D eigenvalue weighted by atomic mass is 16.5. The van der Waals surface area contributed by atoms with Crippen molar-refractivity contribution < 1.29 is 29.3 Å². The van der Waals surface area contributed by atoms with E-state index in [-0.39, 0.29) is 24.7 Å². The van der Waals surface area contributed by atoms with Crippen LogP contribution in [0.4, 0.5) is 0 Å². The molecular weight excluding hydrogens is 624 g/mol. The molecule has 12 heteroatoms. The van der Waals surface area contributed by atoms with Gasteiger partial charge in [-0.1, -0.05) is 53.7 Å². The standard InChI is InChI=1S/C37H38N6O6/c1-21(2)23-7-13-29(33(44)17-23)40-38-27-11-9-25(15-31(27)42(38)40)35(46)48-19-37(5,6)20-49-36(47)26-10-12-28-32(16-26)43-39(28)41(43)30-14-8-24(22(3)4)18-34(30)45/h7-18,21-22,44-45H,19-20H2,1-6H3. The lowest BCUT2D eigenvalue weighted by atomic mass is 9.96. The third kappa shape index (κ3) is 4.89. The van der Waals surface area contributed by atoms with Crippen LogP contribution in [0.15, 0.2) is 72.8 Å². The molecule has 252 valence electrons. The highest BCUT2D eigenvalue weighted by Crippen LogP contribution is 2.35. The van der Waals surface area contributed by atoms with E-state index >= 15 is 0 Å². The quantitative estimate of drug-likeness (QED) is 0.155. The zero-order chi connectivity index (χ0) is 34.5. The summed E-state index contributed by atoms with van der Waals surface area (Å²) in [5.74, 6) is 0.0483. The number of carbonyl (C=O) groups excluding carboxylic acids is 2. The minimum Gasteiger partial charge on any atom is -0.506 e. The van der Waals surface area contributed by atoms with Crippen molar-refractivity contribution in [3.63, 3.8) is 0 Å². The lowest BCUT2D eigenvalue weighted by molar-refractivity contribution is 0.00617. The van der Waals surface area contributed by atoms with Crippen LogP contribution in [0.2, 0.25) is 0 Å². The van der Waals surface area contributed by atoms with E-state index in [1.807, 2.05) is 78.4 Å². The number of hydrogen-bond donors (Lipinski definition) is 2. The van der Waals surface area contributed by atoms with Gasteiger partial charge in [0.25, 0.3) is 0 Å². The summed E-state index contributed by atoms with van der Waals surface area (Å²) < 4.78 is 18.9. The average Bonchev–Trinajstić information content (AvgIpc) is 3.93. The molecule has 2 N–H and O–H groups in total. The summed E-state index contributed by atoms with van der Waals surface area (Å²) >= 11 is 0. The van der Waals surface area contributed by atoms with Gasteiger partial charge in [-0.2, -0.15) is 0 Å². The maximum Gasteiger partial charge on any atom is 0.338 e. The number of benzene rings is 4. The van der Waals surface area contributed by atoms with E-state index in [0.717, 1.165) is 33.2 Å². The molecule has 0 radical (unpaired) electrons. The van der Waals surface area contributed by atoms with Crippen LogP contribution >= 0.6 is 0 Å². The molecule has 4 heterocycles. The predicted molar refractivity (Wildman–Crippen MR) is 184 cm³/mol. The van der Waals surface area contributed by atoms with Gasteiger partial charge in [0, 0.05) is 5.41 Å². The SMILES string of the molecule is CC(C)c1ccc(-n2n3c4ccc(C(=O)OCC(C)(C)COC(=O)c5ccc6c(c5)n5n(-c7ccc(C(C)C)cc7O)n65)cc4n23)c(O)c1. The molecule has 0 unspecified atom stereocenters. The molecular formula is C37H38N6O6. The fourth-order valence-electron chi connectivity index (χ4n) is 6.22. The molecule has 8 rings (SSSR count). The van der Waals surface area contributed by atoms with Gasteiger partial charge in [0.05, 0.1) is 24.3 Å². The maximum absolute atomic E-state index is 13.0. The van der Waals surface area contributed by atoms with Gasteiger partial charge in [-0.25, -0.2) is 9.59 Å². The second-order valence-electron chi connectivity index (χ2n) is 14.3. The number of aromatic hydroxyl groups is 2. The van der Waals surface area contributed by atoms with Gasteiger partial charge in [-0.3, -0.25) is 0 Å². The van der Waals surface area contributed by atoms with Crippen molar-refractivity contribution in [3.05, 3.63) is 95.1 Å². The van der Waals surface area contributed by atoms with Crippen LogP contribution in [-0.2, 0) is 9.47 Å². The fraction of sp³-hybridized carbons (Fsp3) is 0.297. The number of aromatic nitrogens is 6. The molecule has 0 fully saturated rings. The normalized spacial score (nSPS) is 12.7. The molecule has 0 aliphatic carbocycles. The Hall–Kier alpha value is -5.78. The topological polar surface area (TPSA) is 121 Å². The van der Waals surface area contributed by atoms with Crippen molar-refractivity contribution in [1.29, 1.82) is 0 Å². The van der Waals surface area contributed by atoms with Gasteiger partial charge in [0.15, 0.2) is 0 Å². The summed E-state index contributed by atoms with van der Waals surface area (Å²) in [7, 11) is 0. The Bertz CT molecular complexity index is 2340. The third-order valence-corrected chi connectivity index (χ3v) is 9.25. The van der Waals surface area contributed by atoms with E-state index in [2.05, 4.69) is 27.7 Å². The Morgan fingerprint density at radius 3 is 1.35 bits per heavy atom. The maximum atomic E-state index is 13.0. The summed E-state index contributed by atoms with van der Waals surface area (Å²) in [6.07, 6.45) is 0. The molecule has 0 saturated heterocycles. The van der Waals surface area contributed by atoms with E-state index < -0.39 is 17.4 Å². The number of rotatable bonds is 10. The Labute approximate surface area is 281 Å². The van der Waals surface area contributed by atoms with Crippen LogP contribution in [0.25, 0.3) is 33.4 Å². The summed E-state index contributed by atoms with van der Waals surface area (Å²) in [6, 6.07) is 22.0. The van der Waals surface area contributed by atoms with Crippen molar-refractivity contribution in [2.45, 2.75) is 53.4 Å². The molecule has 0 amide bonds. The van der Waals surface area contributed by atoms with Crippen LogP contribution in [0.1, 0.15) is 85.2 Å². The van der Waals surface area contributed by atoms with Crippen molar-refractivity contribution in [1.82, 2.24) is 28.1 Å². The molecule has 0 atom stereocenters. The molecule has 8 aromatic rings. The number of esters is 2. The number of phenols is 2. The predicted octanol–water partition coefficient (Wildman–Crippen LogP) is 6.85. The van der Waals surface area contributed by atoms with Crippen LogP contribution in [0.3, 0.4) is 0 Å². The fourth-order valence-corrected chi connectivity index (χ4v) is 6.22. The van der Waals surface area contributed by atoms with E-state index in [4.69, 9.17) is 9.47 Å². The number of fused-ring (bicyclic) bond motifs is 8. The van der Waals surface area contributed by atoms with Crippen molar-refractivity contribution in [2.24, 2.45) is 5.41 Å². The number of hydrogen-bond acceptors (Lipinski definition) is 6. The molecule has 0 aliphatic rings. The molecule has 4 aromatic heterocycles. The van der Waals surface area contributed by atoms with Crippen LogP contribution in [-0.4, -0.2) is 63.5 Å². The largest absolute Gasteiger partial charge is 0.506 e. The smallest absolute Gasteiger partial charge is 0.338 e. The number of ether oxygens (including phenoxy) is 2. The Morgan fingerprint density at radius 1 is 0.592 bits per heavy atom. The Kier molecular flexibility index (Phi) is 6.62. The van der Waals surface area contributed by atoms with E-state index in [1.165, 1.54) is 0 Å². The summed E-state index contributed by atoms with van der Waals surface area (Å²) in [6.45, 7) is 12.2. The van der Waals surface area contributed by atoms with E-state index in [9.17, 15) is 19.8 Å². The summed E-state index contributed by atoms with van der Waals surface area (Å²) in [4.78, 5) is 29.8. The molecule has 49 heavy (non-hydrogen) atoms. The first-order valence-electron chi connectivity index (χ1n) is 16.4. The second kappa shape index (κ2) is 10.6. The zero-order valence-electron chi connectivity index (χ0n) is 28.2. The Morgan fingerprint density at radius 2 is 0.980 bits per heavy atom. The zero-order valence-corrected chi connectivity index (χ0v) is 28.2. The highest BCUT2D eigenvalue weighted by Gasteiger charge is 2.30. The first-order valence-corrected chi connectivity index (χ1v) is 16.4. The van der Waals surface area contributed by atoms with Crippen LogP contribution in [0, 0.1) is 5.41 Å². The van der Waals surface area contributed by atoms with Gasteiger partial charge in [-0.15, -0.1) is 28.1 Å². The number of phenolic OH excluding ortho intramolecular Hbond substituents is 2. The lowest BCUT2D eigenvalue weighted by Crippen LogP contribution is -2.28. The van der Waals surface area contributed by atoms with Crippen LogP contribution in [0.5, 0.6) is 11.5 Å². The van der Waals surface area contributed by atoms with Crippen molar-refractivity contribution in [3.8, 4) is 22.9 Å². The van der Waals surface area contributed by atoms with Gasteiger partial charge < -0.3 is 19.7 Å². The number of nitrogens with zero attached hydrogens (tertiary/aromatic N) is 6. The molecule has 4 aromatic carbocycles. The Balaban J connectivity index is 0.893. The van der Waals surface area contributed by atoms with Gasteiger partial charge >= 0.3 is 11.9 Å². The minimum atomic E-state index is -0.633. The molecule has 12 nitrogen and oxygen atoms in total. The van der Waals surface area contributed by atoms with E-state index in [1.54, 1.807) is 36.4 Å². The van der Waals surface area contributed by atoms with Gasteiger partial charge in [0.1, 0.15) is 44.9 Å². The molecule has 0 spiro atoms. The first kappa shape index (κ1) is 30.5. The second-order valence-corrected chi connectivity index (χ2v) is 14.3.